The summed E-state index contributed by atoms with van der Waals surface area (Å²) in [5.41, 5.74) is 7.24. The molecule has 2 N–H and O–H groups in total. The Hall–Kier alpha value is -0.450. The molecule has 0 heterocycles. The molecule has 0 bridgehead atoms. The lowest BCUT2D eigenvalue weighted by Gasteiger charge is -2.42. The molecule has 0 aliphatic heterocycles. The molecule has 1 unspecified atom stereocenters. The first-order valence-corrected chi connectivity index (χ1v) is 8.01. The van der Waals surface area contributed by atoms with Crippen LogP contribution in [0.25, 0.3) is 0 Å². The lowest BCUT2D eigenvalue weighted by atomic mass is 9.74. The van der Waals surface area contributed by atoms with E-state index in [1.165, 1.54) is 12.1 Å². The lowest BCUT2D eigenvalue weighted by Crippen LogP contribution is -2.52. The Kier molecular flexibility index (Phi) is 5.21. The average molecular weight is 344 g/mol. The van der Waals surface area contributed by atoms with E-state index in [4.69, 9.17) is 10.5 Å². The van der Waals surface area contributed by atoms with Gasteiger partial charge in [-0.25, -0.2) is 4.39 Å². The molecule has 1 aliphatic carbocycles. The van der Waals surface area contributed by atoms with E-state index >= 15 is 0 Å². The maximum absolute atomic E-state index is 13.1. The predicted molar refractivity (Wildman–Crippen MR) is 83.2 cm³/mol. The van der Waals surface area contributed by atoms with Gasteiger partial charge in [0.2, 0.25) is 0 Å². The Bertz CT molecular complexity index is 458. The van der Waals surface area contributed by atoms with Gasteiger partial charge in [-0.15, -0.1) is 0 Å². The van der Waals surface area contributed by atoms with Gasteiger partial charge < -0.3 is 10.5 Å². The number of rotatable bonds is 4. The summed E-state index contributed by atoms with van der Waals surface area (Å²) in [5.74, 6) is 0.519. The second kappa shape index (κ2) is 6.54. The molecule has 1 saturated carbocycles. The first kappa shape index (κ1) is 15.9. The third kappa shape index (κ3) is 3.41. The van der Waals surface area contributed by atoms with Gasteiger partial charge in [-0.05, 0) is 55.7 Å². The molecule has 2 nitrogen and oxygen atoms in total. The highest BCUT2D eigenvalue weighted by Gasteiger charge is 2.39. The standard InChI is InChI=1S/C16H23BrFNO/c1-11-5-7-16(20-2,8-6-11)15(19)9-12-3-4-13(18)10-14(12)17/h3-4,10-11,15H,5-9,19H2,1-2H3. The maximum Gasteiger partial charge on any atom is 0.124 e. The number of hydrogen-bond donors (Lipinski definition) is 1. The van der Waals surface area contributed by atoms with Crippen molar-refractivity contribution in [3.63, 3.8) is 0 Å². The van der Waals surface area contributed by atoms with Gasteiger partial charge in [0, 0.05) is 17.6 Å². The van der Waals surface area contributed by atoms with Crippen molar-refractivity contribution in [1.82, 2.24) is 0 Å². The van der Waals surface area contributed by atoms with Crippen molar-refractivity contribution in [2.75, 3.05) is 7.11 Å². The number of hydrogen-bond acceptors (Lipinski definition) is 2. The molecular weight excluding hydrogens is 321 g/mol. The molecular formula is C16H23BrFNO. The van der Waals surface area contributed by atoms with Crippen molar-refractivity contribution in [3.8, 4) is 0 Å². The zero-order valence-corrected chi connectivity index (χ0v) is 13.7. The van der Waals surface area contributed by atoms with E-state index < -0.39 is 0 Å². The van der Waals surface area contributed by atoms with Crippen molar-refractivity contribution in [3.05, 3.63) is 34.1 Å². The quantitative estimate of drug-likeness (QED) is 0.894. The first-order chi connectivity index (χ1) is 9.47. The maximum atomic E-state index is 13.1. The molecule has 1 fully saturated rings. The normalized spacial score (nSPS) is 28.4. The molecule has 20 heavy (non-hydrogen) atoms. The van der Waals surface area contributed by atoms with Crippen LogP contribution in [0.4, 0.5) is 4.39 Å². The summed E-state index contributed by atoms with van der Waals surface area (Å²) in [6, 6.07) is 4.70. The third-order valence-corrected chi connectivity index (χ3v) is 5.40. The average Bonchev–Trinajstić information content (AvgIpc) is 2.43. The fourth-order valence-electron chi connectivity index (χ4n) is 3.09. The number of benzene rings is 1. The molecule has 0 radical (unpaired) electrons. The number of ether oxygens (including phenoxy) is 1. The van der Waals surface area contributed by atoms with Crippen LogP contribution < -0.4 is 5.73 Å². The fraction of sp³-hybridized carbons (Fsp3) is 0.625. The molecule has 0 spiro atoms. The minimum atomic E-state index is -0.236. The van der Waals surface area contributed by atoms with Gasteiger partial charge in [0.15, 0.2) is 0 Å². The molecule has 4 heteroatoms. The summed E-state index contributed by atoms with van der Waals surface area (Å²) in [5, 5.41) is 0. The lowest BCUT2D eigenvalue weighted by molar-refractivity contribution is -0.0659. The Morgan fingerprint density at radius 3 is 2.65 bits per heavy atom. The van der Waals surface area contributed by atoms with Crippen LogP contribution in [0.15, 0.2) is 22.7 Å². The van der Waals surface area contributed by atoms with E-state index in [-0.39, 0.29) is 17.5 Å². The summed E-state index contributed by atoms with van der Waals surface area (Å²) in [4.78, 5) is 0. The van der Waals surface area contributed by atoms with Crippen LogP contribution in [0.1, 0.15) is 38.2 Å². The molecule has 112 valence electrons. The van der Waals surface area contributed by atoms with E-state index in [0.717, 1.165) is 41.6 Å². The molecule has 1 atom stereocenters. The fourth-order valence-corrected chi connectivity index (χ4v) is 3.60. The van der Waals surface area contributed by atoms with Gasteiger partial charge >= 0.3 is 0 Å². The summed E-state index contributed by atoms with van der Waals surface area (Å²) in [6.07, 6.45) is 5.02. The van der Waals surface area contributed by atoms with Crippen LogP contribution in [0.3, 0.4) is 0 Å². The van der Waals surface area contributed by atoms with Crippen LogP contribution in [0, 0.1) is 11.7 Å². The summed E-state index contributed by atoms with van der Waals surface area (Å²) >= 11 is 3.41. The minimum absolute atomic E-state index is 0.0678. The highest BCUT2D eigenvalue weighted by atomic mass is 79.9. The first-order valence-electron chi connectivity index (χ1n) is 7.21. The highest BCUT2D eigenvalue weighted by Crippen LogP contribution is 2.37. The zero-order valence-electron chi connectivity index (χ0n) is 12.2. The Morgan fingerprint density at radius 1 is 1.45 bits per heavy atom. The zero-order chi connectivity index (χ0) is 14.8. The number of methoxy groups -OCH3 is 1. The smallest absolute Gasteiger partial charge is 0.124 e. The van der Waals surface area contributed by atoms with Gasteiger partial charge in [-0.3, -0.25) is 0 Å². The van der Waals surface area contributed by atoms with E-state index in [2.05, 4.69) is 22.9 Å². The molecule has 0 aromatic heterocycles. The van der Waals surface area contributed by atoms with Crippen LogP contribution in [0.2, 0.25) is 0 Å². The topological polar surface area (TPSA) is 35.2 Å². The van der Waals surface area contributed by atoms with Crippen molar-refractivity contribution in [2.45, 2.75) is 50.7 Å². The largest absolute Gasteiger partial charge is 0.377 e. The summed E-state index contributed by atoms with van der Waals surface area (Å²) in [7, 11) is 1.76. The molecule has 1 aromatic rings. The summed E-state index contributed by atoms with van der Waals surface area (Å²) in [6.45, 7) is 2.28. The monoisotopic (exact) mass is 343 g/mol. The van der Waals surface area contributed by atoms with Gasteiger partial charge in [0.25, 0.3) is 0 Å². The second-order valence-electron chi connectivity index (χ2n) is 6.00. The Labute approximate surface area is 129 Å². The molecule has 2 rings (SSSR count). The van der Waals surface area contributed by atoms with Crippen LogP contribution in [0.5, 0.6) is 0 Å². The van der Waals surface area contributed by atoms with Crippen molar-refractivity contribution in [1.29, 1.82) is 0 Å². The summed E-state index contributed by atoms with van der Waals surface area (Å²) < 4.78 is 19.7. The Balaban J connectivity index is 2.11. The van der Waals surface area contributed by atoms with E-state index in [1.807, 2.05) is 0 Å². The number of nitrogens with two attached hydrogens (primary N) is 1. The highest BCUT2D eigenvalue weighted by molar-refractivity contribution is 9.10. The van der Waals surface area contributed by atoms with Crippen LogP contribution in [-0.4, -0.2) is 18.8 Å². The minimum Gasteiger partial charge on any atom is -0.377 e. The van der Waals surface area contributed by atoms with Gasteiger partial charge in [-0.1, -0.05) is 28.9 Å². The third-order valence-electron chi connectivity index (χ3n) is 4.66. The molecule has 0 saturated heterocycles. The van der Waals surface area contributed by atoms with Gasteiger partial charge in [0.05, 0.1) is 5.60 Å². The SMILES string of the molecule is COC1(C(N)Cc2ccc(F)cc2Br)CCC(C)CC1. The van der Waals surface area contributed by atoms with Gasteiger partial charge in [-0.2, -0.15) is 0 Å². The predicted octanol–water partition coefficient (Wildman–Crippen LogP) is 4.05. The Morgan fingerprint density at radius 2 is 2.10 bits per heavy atom. The van der Waals surface area contributed by atoms with Crippen LogP contribution >= 0.6 is 15.9 Å². The van der Waals surface area contributed by atoms with Crippen molar-refractivity contribution < 1.29 is 9.13 Å². The van der Waals surface area contributed by atoms with Crippen molar-refractivity contribution in [2.24, 2.45) is 11.7 Å². The molecule has 0 amide bonds. The van der Waals surface area contributed by atoms with E-state index in [9.17, 15) is 4.39 Å². The second-order valence-corrected chi connectivity index (χ2v) is 6.85. The van der Waals surface area contributed by atoms with E-state index in [0.29, 0.717) is 6.42 Å². The van der Waals surface area contributed by atoms with E-state index in [1.54, 1.807) is 13.2 Å². The molecule has 1 aromatic carbocycles. The van der Waals surface area contributed by atoms with Crippen molar-refractivity contribution >= 4 is 15.9 Å². The van der Waals surface area contributed by atoms with Gasteiger partial charge in [0.1, 0.15) is 5.82 Å². The number of halogens is 2. The molecule has 1 aliphatic rings. The van der Waals surface area contributed by atoms with Crippen LogP contribution in [-0.2, 0) is 11.2 Å².